The van der Waals surface area contributed by atoms with E-state index in [1.807, 2.05) is 62.1 Å². The van der Waals surface area contributed by atoms with Crippen molar-refractivity contribution >= 4 is 17.5 Å². The van der Waals surface area contributed by atoms with Crippen molar-refractivity contribution in [1.82, 2.24) is 9.80 Å². The number of carbonyl (C=O) groups excluding carboxylic acids is 2. The van der Waals surface area contributed by atoms with E-state index in [1.165, 1.54) is 5.56 Å². The molecule has 0 saturated carbocycles. The first kappa shape index (κ1) is 23.6. The summed E-state index contributed by atoms with van der Waals surface area (Å²) in [5, 5.41) is 2.95. The lowest BCUT2D eigenvalue weighted by Crippen LogP contribution is -2.50. The summed E-state index contributed by atoms with van der Waals surface area (Å²) < 4.78 is 11.2. The van der Waals surface area contributed by atoms with Gasteiger partial charge in [-0.25, -0.2) is 0 Å². The van der Waals surface area contributed by atoms with Gasteiger partial charge < -0.3 is 19.7 Å². The molecule has 1 fully saturated rings. The van der Waals surface area contributed by atoms with Crippen molar-refractivity contribution in [2.24, 2.45) is 0 Å². The van der Waals surface area contributed by atoms with E-state index >= 15 is 0 Å². The summed E-state index contributed by atoms with van der Waals surface area (Å²) in [5.41, 5.74) is 2.82. The molecule has 7 nitrogen and oxygen atoms in total. The Balaban J connectivity index is 1.49. The van der Waals surface area contributed by atoms with Crippen LogP contribution >= 0.6 is 0 Å². The topological polar surface area (TPSA) is 71.1 Å². The number of piperazine rings is 1. The van der Waals surface area contributed by atoms with Crippen molar-refractivity contribution in [2.75, 3.05) is 51.3 Å². The van der Waals surface area contributed by atoms with Gasteiger partial charge in [-0.1, -0.05) is 29.8 Å². The van der Waals surface area contributed by atoms with Gasteiger partial charge in [-0.15, -0.1) is 0 Å². The van der Waals surface area contributed by atoms with E-state index in [9.17, 15) is 9.59 Å². The highest BCUT2D eigenvalue weighted by Gasteiger charge is 2.23. The Labute approximate surface area is 190 Å². The lowest BCUT2D eigenvalue weighted by Gasteiger charge is -2.34. The third-order valence-corrected chi connectivity index (χ3v) is 5.40. The fourth-order valence-electron chi connectivity index (χ4n) is 3.69. The van der Waals surface area contributed by atoms with Crippen LogP contribution in [0.5, 0.6) is 11.5 Å². The van der Waals surface area contributed by atoms with Gasteiger partial charge in [0.15, 0.2) is 0 Å². The summed E-state index contributed by atoms with van der Waals surface area (Å²) >= 11 is 0. The maximum absolute atomic E-state index is 12.7. The smallest absolute Gasteiger partial charge is 0.238 e. The minimum atomic E-state index is -0.112. The fraction of sp³-hybridized carbons (Fsp3) is 0.440. The van der Waals surface area contributed by atoms with Gasteiger partial charge >= 0.3 is 0 Å². The Morgan fingerprint density at radius 2 is 1.62 bits per heavy atom. The summed E-state index contributed by atoms with van der Waals surface area (Å²) in [7, 11) is 0. The number of rotatable bonds is 9. The second-order valence-corrected chi connectivity index (χ2v) is 7.89. The molecule has 1 heterocycles. The van der Waals surface area contributed by atoms with Crippen LogP contribution in [0.15, 0.2) is 42.5 Å². The fourth-order valence-corrected chi connectivity index (χ4v) is 3.69. The van der Waals surface area contributed by atoms with Gasteiger partial charge in [0.1, 0.15) is 11.5 Å². The molecule has 0 bridgehead atoms. The summed E-state index contributed by atoms with van der Waals surface area (Å²) in [6, 6.07) is 13.5. The molecule has 1 aliphatic rings. The molecular weight excluding hydrogens is 406 g/mol. The Hall–Kier alpha value is -3.06. The van der Waals surface area contributed by atoms with Gasteiger partial charge in [0.05, 0.1) is 31.9 Å². The molecule has 0 aromatic heterocycles. The van der Waals surface area contributed by atoms with Gasteiger partial charge in [0.2, 0.25) is 11.8 Å². The molecule has 172 valence electrons. The van der Waals surface area contributed by atoms with Crippen LogP contribution in [-0.4, -0.2) is 67.6 Å². The number of carbonyl (C=O) groups is 2. The van der Waals surface area contributed by atoms with Crippen LogP contribution < -0.4 is 14.8 Å². The number of anilines is 1. The van der Waals surface area contributed by atoms with Crippen LogP contribution in [0.3, 0.4) is 0 Å². The molecule has 2 aromatic carbocycles. The number of hydrogen-bond acceptors (Lipinski definition) is 5. The Morgan fingerprint density at radius 3 is 2.28 bits per heavy atom. The number of hydrogen-bond donors (Lipinski definition) is 1. The highest BCUT2D eigenvalue weighted by atomic mass is 16.5. The van der Waals surface area contributed by atoms with Crippen molar-refractivity contribution < 1.29 is 19.1 Å². The molecule has 32 heavy (non-hydrogen) atoms. The van der Waals surface area contributed by atoms with E-state index in [1.54, 1.807) is 6.07 Å². The minimum absolute atomic E-state index is 0.112. The van der Waals surface area contributed by atoms with E-state index in [4.69, 9.17) is 9.47 Å². The first-order valence-corrected chi connectivity index (χ1v) is 11.2. The predicted molar refractivity (Wildman–Crippen MR) is 125 cm³/mol. The average molecular weight is 440 g/mol. The monoisotopic (exact) mass is 439 g/mol. The zero-order chi connectivity index (χ0) is 22.9. The van der Waals surface area contributed by atoms with Crippen LogP contribution in [0.25, 0.3) is 0 Å². The van der Waals surface area contributed by atoms with Crippen molar-refractivity contribution in [3.63, 3.8) is 0 Å². The van der Waals surface area contributed by atoms with E-state index in [2.05, 4.69) is 10.2 Å². The highest BCUT2D eigenvalue weighted by molar-refractivity contribution is 5.94. The van der Waals surface area contributed by atoms with Gasteiger partial charge in [-0.2, -0.15) is 0 Å². The van der Waals surface area contributed by atoms with Crippen molar-refractivity contribution in [3.05, 3.63) is 53.6 Å². The number of nitrogens with one attached hydrogen (secondary N) is 1. The van der Waals surface area contributed by atoms with E-state index < -0.39 is 0 Å². The van der Waals surface area contributed by atoms with E-state index in [0.29, 0.717) is 63.0 Å². The zero-order valence-corrected chi connectivity index (χ0v) is 19.2. The molecule has 0 radical (unpaired) electrons. The maximum atomic E-state index is 12.7. The summed E-state index contributed by atoms with van der Waals surface area (Å²) in [4.78, 5) is 29.2. The molecule has 0 aliphatic carbocycles. The molecule has 1 saturated heterocycles. The van der Waals surface area contributed by atoms with Crippen LogP contribution in [0.1, 0.15) is 25.0 Å². The minimum Gasteiger partial charge on any atom is -0.494 e. The molecule has 7 heteroatoms. The standard InChI is InChI=1S/C25H33N3O4/c1-4-31-21-10-11-23(32-5-2)22(17-21)26-24(29)18-27-12-14-28(15-13-27)25(30)16-20-8-6-19(3)7-9-20/h6-11,17H,4-5,12-16,18H2,1-3H3,(H,26,29). The first-order chi connectivity index (χ1) is 15.5. The van der Waals surface area contributed by atoms with Gasteiger partial charge in [-0.05, 0) is 38.5 Å². The quantitative estimate of drug-likeness (QED) is 0.650. The largest absolute Gasteiger partial charge is 0.494 e. The number of nitrogens with zero attached hydrogens (tertiary/aromatic N) is 2. The molecule has 3 rings (SSSR count). The predicted octanol–water partition coefficient (Wildman–Crippen LogP) is 3.12. The molecule has 2 aromatic rings. The van der Waals surface area contributed by atoms with Crippen LogP contribution in [0.4, 0.5) is 5.69 Å². The summed E-state index contributed by atoms with van der Waals surface area (Å²) in [6.45, 7) is 9.78. The highest BCUT2D eigenvalue weighted by Crippen LogP contribution is 2.29. The Morgan fingerprint density at radius 1 is 0.938 bits per heavy atom. The molecule has 0 unspecified atom stereocenters. The number of aryl methyl sites for hydroxylation is 1. The molecule has 1 aliphatic heterocycles. The first-order valence-electron chi connectivity index (χ1n) is 11.2. The molecule has 2 amide bonds. The second-order valence-electron chi connectivity index (χ2n) is 7.89. The SMILES string of the molecule is CCOc1ccc(OCC)c(NC(=O)CN2CCN(C(=O)Cc3ccc(C)cc3)CC2)c1. The van der Waals surface area contributed by atoms with Crippen molar-refractivity contribution in [1.29, 1.82) is 0 Å². The number of benzene rings is 2. The number of amides is 2. The van der Waals surface area contributed by atoms with E-state index in [-0.39, 0.29) is 18.4 Å². The lowest BCUT2D eigenvalue weighted by molar-refractivity contribution is -0.132. The second kappa shape index (κ2) is 11.5. The summed E-state index contributed by atoms with van der Waals surface area (Å²) in [5.74, 6) is 1.33. The number of ether oxygens (including phenoxy) is 2. The molecule has 1 N–H and O–H groups in total. The lowest BCUT2D eigenvalue weighted by atomic mass is 10.1. The third-order valence-electron chi connectivity index (χ3n) is 5.40. The van der Waals surface area contributed by atoms with Crippen molar-refractivity contribution in [2.45, 2.75) is 27.2 Å². The molecule has 0 atom stereocenters. The molecular formula is C25H33N3O4. The molecule has 0 spiro atoms. The average Bonchev–Trinajstić information content (AvgIpc) is 2.78. The van der Waals surface area contributed by atoms with Crippen molar-refractivity contribution in [3.8, 4) is 11.5 Å². The van der Waals surface area contributed by atoms with Gasteiger partial charge in [0, 0.05) is 32.2 Å². The normalized spacial score (nSPS) is 14.2. The van der Waals surface area contributed by atoms with Crippen LogP contribution in [0, 0.1) is 6.92 Å². The Bertz CT molecular complexity index is 906. The van der Waals surface area contributed by atoms with Crippen LogP contribution in [-0.2, 0) is 16.0 Å². The maximum Gasteiger partial charge on any atom is 0.238 e. The van der Waals surface area contributed by atoms with Gasteiger partial charge in [-0.3, -0.25) is 14.5 Å². The van der Waals surface area contributed by atoms with E-state index in [0.717, 1.165) is 5.56 Å². The zero-order valence-electron chi connectivity index (χ0n) is 19.2. The summed E-state index contributed by atoms with van der Waals surface area (Å²) in [6.07, 6.45) is 0.414. The van der Waals surface area contributed by atoms with Gasteiger partial charge in [0.25, 0.3) is 0 Å². The third kappa shape index (κ3) is 6.72. The Kier molecular flexibility index (Phi) is 8.50. The van der Waals surface area contributed by atoms with Crippen LogP contribution in [0.2, 0.25) is 0 Å².